The van der Waals surface area contributed by atoms with E-state index >= 15 is 0 Å². The summed E-state index contributed by atoms with van der Waals surface area (Å²) in [6.45, 7) is 12.8. The Kier molecular flexibility index (Phi) is 19.2. The zero-order chi connectivity index (χ0) is 49.5. The van der Waals surface area contributed by atoms with E-state index in [0.717, 1.165) is 148 Å². The Hall–Kier alpha value is -6.44. The number of hydrogen-bond acceptors (Lipinski definition) is 6. The minimum absolute atomic E-state index is 0. The number of hydrogen-bond donors (Lipinski definition) is 1. The molecule has 73 heavy (non-hydrogen) atoms. The molecule has 0 fully saturated rings. The summed E-state index contributed by atoms with van der Waals surface area (Å²) in [5.74, 6) is 0. The molecule has 7 aromatic rings. The second-order valence-corrected chi connectivity index (χ2v) is 18.1. The molecule has 12 nitrogen and oxygen atoms in total. The molecule has 2 aliphatic rings. The molecule has 0 saturated heterocycles. The summed E-state index contributed by atoms with van der Waals surface area (Å²) in [5, 5.41) is 10.3. The number of aromatic nitrogens is 8. The van der Waals surface area contributed by atoms with Crippen molar-refractivity contribution in [1.29, 1.82) is 0 Å². The maximum atomic E-state index is 10.3. The van der Waals surface area contributed by atoms with Crippen molar-refractivity contribution in [2.45, 2.75) is 85.5 Å². The van der Waals surface area contributed by atoms with Crippen molar-refractivity contribution in [2.75, 3.05) is 46.2 Å². The van der Waals surface area contributed by atoms with Crippen LogP contribution in [0.3, 0.4) is 0 Å². The number of aliphatic hydroxyl groups is 1. The first-order valence-corrected chi connectivity index (χ1v) is 25.9. The van der Waals surface area contributed by atoms with Crippen LogP contribution in [0.25, 0.3) is 91.4 Å². The predicted octanol–water partition coefficient (Wildman–Crippen LogP) is 9.17. The average Bonchev–Trinajstić information content (AvgIpc) is 4.27. The summed E-state index contributed by atoms with van der Waals surface area (Å²) < 4.78 is 27.2. The molecular weight excluding hydrogens is 952 g/mol. The Morgan fingerprint density at radius 2 is 0.685 bits per heavy atom. The zero-order valence-corrected chi connectivity index (χ0v) is 43.7. The van der Waals surface area contributed by atoms with Crippen molar-refractivity contribution in [3.63, 3.8) is 0 Å². The predicted molar refractivity (Wildman–Crippen MR) is 284 cm³/mol. The summed E-state index contributed by atoms with van der Waals surface area (Å²) in [6.07, 6.45) is 23.1. The van der Waals surface area contributed by atoms with Crippen LogP contribution in [-0.4, -0.2) is 61.3 Å². The number of fused-ring (bicyclic) bond motifs is 8. The quantitative estimate of drug-likeness (QED) is 0.0362. The van der Waals surface area contributed by atoms with Crippen LogP contribution in [0.5, 0.6) is 0 Å². The van der Waals surface area contributed by atoms with E-state index in [4.69, 9.17) is 34.1 Å². The number of nitrogens with zero attached hydrogens (tertiary/aromatic N) is 8. The molecule has 0 amide bonds. The topological polar surface area (TPSA) is 117 Å². The summed E-state index contributed by atoms with van der Waals surface area (Å²) in [5.41, 5.74) is 13.5. The minimum atomic E-state index is -0.0266. The molecule has 375 valence electrons. The van der Waals surface area contributed by atoms with Crippen molar-refractivity contribution in [3.8, 4) is 45.0 Å². The van der Waals surface area contributed by atoms with Gasteiger partial charge in [0.15, 0.2) is 51.0 Å². The molecule has 8 bridgehead atoms. The van der Waals surface area contributed by atoms with Gasteiger partial charge in [-0.2, -0.15) is 18.3 Å². The van der Waals surface area contributed by atoms with Gasteiger partial charge in [0.2, 0.25) is 22.8 Å². The van der Waals surface area contributed by atoms with Gasteiger partial charge in [-0.25, -0.2) is 9.97 Å². The van der Waals surface area contributed by atoms with Crippen molar-refractivity contribution in [2.24, 2.45) is 0 Å². The SMILES string of the molecule is CCCCOCC[n+]1ccccc1-c1c2nc(c(-c3cccc[n+]3CCOCCCC)c3ccc([n-]3)c(-c3cccc[n+]3CCOCCCC)c3nc(c(-c4cccc[n+]4CCO)c4ccc1[n-]4)C=C3)C=C2.[Mn+2]. The second kappa shape index (κ2) is 26.5. The van der Waals surface area contributed by atoms with E-state index in [0.29, 0.717) is 46.0 Å². The van der Waals surface area contributed by atoms with E-state index in [9.17, 15) is 5.11 Å². The van der Waals surface area contributed by atoms with E-state index < -0.39 is 0 Å². The van der Waals surface area contributed by atoms with Gasteiger partial charge in [0, 0.05) is 68.4 Å². The molecule has 0 aromatic carbocycles. The molecule has 9 heterocycles. The third-order valence-electron chi connectivity index (χ3n) is 13.1. The Morgan fingerprint density at radius 1 is 0.397 bits per heavy atom. The first kappa shape index (κ1) is 52.9. The Bertz CT molecular complexity index is 3140. The Balaban J connectivity index is 0.00000711. The van der Waals surface area contributed by atoms with Gasteiger partial charge in [0.05, 0.1) is 45.0 Å². The maximum Gasteiger partial charge on any atom is 2.00 e. The summed E-state index contributed by atoms with van der Waals surface area (Å²) in [7, 11) is 0. The number of rotatable bonds is 24. The second-order valence-electron chi connectivity index (χ2n) is 18.1. The van der Waals surface area contributed by atoms with Gasteiger partial charge in [0.25, 0.3) is 0 Å². The van der Waals surface area contributed by atoms with Crippen LogP contribution in [0.2, 0.25) is 0 Å². The van der Waals surface area contributed by atoms with Crippen LogP contribution in [0.4, 0.5) is 0 Å². The van der Waals surface area contributed by atoms with E-state index in [1.165, 1.54) is 0 Å². The fourth-order valence-corrected chi connectivity index (χ4v) is 9.37. The van der Waals surface area contributed by atoms with E-state index in [-0.39, 0.29) is 23.7 Å². The monoisotopic (exact) mass is 1020 g/mol. The molecular formula is C60H68MnN8O4+4. The Morgan fingerprint density at radius 3 is 0.959 bits per heavy atom. The zero-order valence-electron chi connectivity index (χ0n) is 42.5. The van der Waals surface area contributed by atoms with Gasteiger partial charge in [-0.05, 0) is 67.8 Å². The number of ether oxygens (including phenoxy) is 3. The Labute approximate surface area is 440 Å². The maximum absolute atomic E-state index is 10.3. The van der Waals surface area contributed by atoms with Gasteiger partial charge < -0.3 is 29.3 Å². The standard InChI is InChI=1S/C60H68N8O4.Mn/c1-4-7-39-70-42-35-66-31-15-11-19-54(66)58-47-24-22-45(61-47)57(53-18-10-14-30-65(53)34-38-69)46-23-25-48(62-46)59(55-20-12-16-32-67(55)36-43-71-40-8-5-2)50-27-29-52(64-50)60(51-28-26-49(58)63-51)56-21-13-17-33-68(56)37-44-72-41-9-6-3;/h10-33,69H,4-9,34-44H2,1-3H3;/q2*+2. The molecule has 13 heteroatoms. The molecule has 0 aliphatic carbocycles. The molecule has 1 radical (unpaired) electrons. The van der Waals surface area contributed by atoms with Gasteiger partial charge in [0.1, 0.15) is 26.4 Å². The third kappa shape index (κ3) is 12.5. The van der Waals surface area contributed by atoms with Crippen LogP contribution in [0.1, 0.15) is 82.1 Å². The number of unbranched alkanes of at least 4 members (excludes halogenated alkanes) is 3. The largest absolute Gasteiger partial charge is 2.00 e. The molecule has 0 unspecified atom stereocenters. The van der Waals surface area contributed by atoms with Crippen LogP contribution in [0, 0.1) is 0 Å². The summed E-state index contributed by atoms with van der Waals surface area (Å²) >= 11 is 0. The van der Waals surface area contributed by atoms with E-state index in [2.05, 4.69) is 167 Å². The third-order valence-corrected chi connectivity index (χ3v) is 13.1. The summed E-state index contributed by atoms with van der Waals surface area (Å²) in [4.78, 5) is 22.3. The molecule has 0 atom stereocenters. The van der Waals surface area contributed by atoms with E-state index in [1.54, 1.807) is 0 Å². The minimum Gasteiger partial charge on any atom is -0.656 e. The fourth-order valence-electron chi connectivity index (χ4n) is 9.37. The van der Waals surface area contributed by atoms with Crippen LogP contribution >= 0.6 is 0 Å². The number of aliphatic hydroxyl groups excluding tert-OH is 1. The molecule has 0 spiro atoms. The van der Waals surface area contributed by atoms with E-state index in [1.807, 2.05) is 18.3 Å². The van der Waals surface area contributed by atoms with Crippen molar-refractivity contribution < 1.29 is 54.7 Å². The van der Waals surface area contributed by atoms with Crippen LogP contribution < -0.4 is 28.2 Å². The first-order valence-electron chi connectivity index (χ1n) is 25.9. The van der Waals surface area contributed by atoms with Gasteiger partial charge >= 0.3 is 17.1 Å². The van der Waals surface area contributed by atoms with Crippen molar-refractivity contribution >= 4 is 46.4 Å². The van der Waals surface area contributed by atoms with Crippen LogP contribution in [0.15, 0.2) is 122 Å². The van der Waals surface area contributed by atoms with Crippen molar-refractivity contribution in [3.05, 3.63) is 145 Å². The molecule has 2 aliphatic heterocycles. The molecule has 7 aromatic heterocycles. The van der Waals surface area contributed by atoms with Gasteiger partial charge in [-0.3, -0.25) is 0 Å². The average molecular weight is 1020 g/mol. The molecule has 9 rings (SSSR count). The number of pyridine rings is 4. The fraction of sp³-hybridized carbons (Fsp3) is 0.333. The van der Waals surface area contributed by atoms with Gasteiger partial charge in [-0.15, -0.1) is 22.1 Å². The summed E-state index contributed by atoms with van der Waals surface area (Å²) in [6, 6.07) is 33.4. The molecule has 1 N–H and O–H groups in total. The molecule has 0 saturated carbocycles. The van der Waals surface area contributed by atoms with Crippen molar-refractivity contribution in [1.82, 2.24) is 19.9 Å². The first-order chi connectivity index (χ1) is 35.6. The normalized spacial score (nSPS) is 11.9. The smallest absolute Gasteiger partial charge is 0.656 e. The van der Waals surface area contributed by atoms with Crippen LogP contribution in [-0.2, 0) is 57.5 Å². The van der Waals surface area contributed by atoms with Gasteiger partial charge in [-0.1, -0.05) is 64.3 Å².